The minimum atomic E-state index is -0.00485. The first-order chi connectivity index (χ1) is 10.1. The molecule has 1 heterocycles. The van der Waals surface area contributed by atoms with Crippen molar-refractivity contribution in [1.82, 2.24) is 0 Å². The molecule has 1 unspecified atom stereocenters. The standard InChI is InChI=1S/C18H19NOS/c1-18(2)14-10-12(8-9-15(14)19-17(18)11-21)13-6-4-5-7-16(13)20-3/h4-11,17,19H,1-3H3. The molecule has 1 N–H and O–H groups in total. The lowest BCUT2D eigenvalue weighted by atomic mass is 9.80. The number of anilines is 1. The van der Waals surface area contributed by atoms with Gasteiger partial charge in [-0.05, 0) is 29.3 Å². The molecule has 0 radical (unpaired) electrons. The first kappa shape index (κ1) is 14.1. The van der Waals surface area contributed by atoms with Gasteiger partial charge in [-0.15, -0.1) is 0 Å². The monoisotopic (exact) mass is 297 g/mol. The molecule has 3 rings (SSSR count). The number of thiocarbonyl (C=S) groups is 1. The van der Waals surface area contributed by atoms with Crippen LogP contribution < -0.4 is 10.1 Å². The number of rotatable bonds is 3. The Morgan fingerprint density at radius 3 is 2.67 bits per heavy atom. The summed E-state index contributed by atoms with van der Waals surface area (Å²) in [6.45, 7) is 4.45. The predicted octanol–water partition coefficient (Wildman–Crippen LogP) is 4.43. The summed E-state index contributed by atoms with van der Waals surface area (Å²) in [5.41, 5.74) is 4.76. The van der Waals surface area contributed by atoms with Crippen molar-refractivity contribution >= 4 is 23.3 Å². The summed E-state index contributed by atoms with van der Waals surface area (Å²) in [5, 5.41) is 5.31. The molecule has 1 aliphatic rings. The van der Waals surface area contributed by atoms with Crippen molar-refractivity contribution in [3.05, 3.63) is 48.0 Å². The van der Waals surface area contributed by atoms with Crippen LogP contribution in [0.3, 0.4) is 0 Å². The molecule has 1 aliphatic heterocycles. The minimum absolute atomic E-state index is 0.00485. The lowest BCUT2D eigenvalue weighted by molar-refractivity contribution is 0.416. The van der Waals surface area contributed by atoms with Gasteiger partial charge in [0.25, 0.3) is 0 Å². The fourth-order valence-electron chi connectivity index (χ4n) is 2.97. The van der Waals surface area contributed by atoms with Crippen molar-refractivity contribution in [2.24, 2.45) is 0 Å². The molecule has 0 fully saturated rings. The second-order valence-electron chi connectivity index (χ2n) is 5.94. The van der Waals surface area contributed by atoms with Crippen LogP contribution in [0.5, 0.6) is 5.75 Å². The van der Waals surface area contributed by atoms with Crippen LogP contribution in [-0.4, -0.2) is 18.5 Å². The number of hydrogen-bond acceptors (Lipinski definition) is 3. The Kier molecular flexibility index (Phi) is 3.46. The van der Waals surface area contributed by atoms with Crippen LogP contribution in [0.25, 0.3) is 11.1 Å². The normalized spacial score (nSPS) is 18.7. The maximum absolute atomic E-state index is 5.47. The summed E-state index contributed by atoms with van der Waals surface area (Å²) in [6, 6.07) is 14.8. The molecule has 0 saturated carbocycles. The maximum Gasteiger partial charge on any atom is 0.126 e. The molecular formula is C18H19NOS. The number of hydrogen-bond donors (Lipinski definition) is 1. The van der Waals surface area contributed by atoms with E-state index in [4.69, 9.17) is 17.0 Å². The van der Waals surface area contributed by atoms with Gasteiger partial charge in [0.2, 0.25) is 0 Å². The molecule has 0 amide bonds. The molecule has 3 heteroatoms. The van der Waals surface area contributed by atoms with Crippen LogP contribution in [0.1, 0.15) is 19.4 Å². The second kappa shape index (κ2) is 5.15. The Balaban J connectivity index is 2.12. The zero-order valence-electron chi connectivity index (χ0n) is 12.5. The first-order valence-corrected chi connectivity index (χ1v) is 7.55. The molecule has 2 aromatic carbocycles. The Morgan fingerprint density at radius 1 is 1.19 bits per heavy atom. The average molecular weight is 297 g/mol. The average Bonchev–Trinajstić information content (AvgIpc) is 2.77. The predicted molar refractivity (Wildman–Crippen MR) is 92.5 cm³/mol. The van der Waals surface area contributed by atoms with Gasteiger partial charge in [0.1, 0.15) is 5.75 Å². The highest BCUT2D eigenvalue weighted by Crippen LogP contribution is 2.43. The topological polar surface area (TPSA) is 21.3 Å². The van der Waals surface area contributed by atoms with Crippen molar-refractivity contribution in [2.75, 3.05) is 12.4 Å². The van der Waals surface area contributed by atoms with Crippen LogP contribution in [0.4, 0.5) is 5.69 Å². The molecule has 0 spiro atoms. The van der Waals surface area contributed by atoms with Gasteiger partial charge in [-0.25, -0.2) is 0 Å². The van der Waals surface area contributed by atoms with E-state index >= 15 is 0 Å². The highest BCUT2D eigenvalue weighted by molar-refractivity contribution is 7.79. The Labute approximate surface area is 131 Å². The summed E-state index contributed by atoms with van der Waals surface area (Å²) < 4.78 is 5.47. The third-order valence-electron chi connectivity index (χ3n) is 4.36. The van der Waals surface area contributed by atoms with Crippen molar-refractivity contribution < 1.29 is 4.74 Å². The first-order valence-electron chi connectivity index (χ1n) is 7.07. The van der Waals surface area contributed by atoms with Crippen LogP contribution >= 0.6 is 12.2 Å². The van der Waals surface area contributed by atoms with E-state index in [1.54, 1.807) is 7.11 Å². The van der Waals surface area contributed by atoms with Crippen molar-refractivity contribution in [3.63, 3.8) is 0 Å². The van der Waals surface area contributed by atoms with Gasteiger partial charge in [-0.3, -0.25) is 0 Å². The molecule has 0 bridgehead atoms. The van der Waals surface area contributed by atoms with Crippen molar-refractivity contribution in [1.29, 1.82) is 0 Å². The number of methoxy groups -OCH3 is 1. The maximum atomic E-state index is 5.47. The summed E-state index contributed by atoms with van der Waals surface area (Å²) in [5.74, 6) is 0.896. The van der Waals surface area contributed by atoms with Gasteiger partial charge in [0.15, 0.2) is 0 Å². The molecule has 108 valence electrons. The molecular weight excluding hydrogens is 278 g/mol. The fraction of sp³-hybridized carbons (Fsp3) is 0.278. The number of benzene rings is 2. The van der Waals surface area contributed by atoms with Gasteiger partial charge in [0, 0.05) is 22.0 Å². The van der Waals surface area contributed by atoms with Crippen LogP contribution in [0.2, 0.25) is 0 Å². The van der Waals surface area contributed by atoms with Gasteiger partial charge in [-0.1, -0.05) is 50.3 Å². The van der Waals surface area contributed by atoms with Gasteiger partial charge in [0.05, 0.1) is 13.2 Å². The summed E-state index contributed by atoms with van der Waals surface area (Å²) in [4.78, 5) is 0. The number of ether oxygens (including phenoxy) is 1. The largest absolute Gasteiger partial charge is 0.496 e. The second-order valence-corrected chi connectivity index (χ2v) is 6.21. The van der Waals surface area contributed by atoms with E-state index in [2.05, 4.69) is 43.4 Å². The number of para-hydroxylation sites is 1. The van der Waals surface area contributed by atoms with E-state index in [9.17, 15) is 0 Å². The van der Waals surface area contributed by atoms with E-state index in [1.165, 1.54) is 16.8 Å². The highest BCUT2D eigenvalue weighted by atomic mass is 32.1. The molecule has 0 aliphatic carbocycles. The van der Waals surface area contributed by atoms with Crippen molar-refractivity contribution in [3.8, 4) is 16.9 Å². The molecule has 0 aromatic heterocycles. The zero-order chi connectivity index (χ0) is 15.0. The summed E-state index contributed by atoms with van der Waals surface area (Å²) >= 11 is 5.17. The molecule has 2 aromatic rings. The minimum Gasteiger partial charge on any atom is -0.496 e. The van der Waals surface area contributed by atoms with Crippen molar-refractivity contribution in [2.45, 2.75) is 25.3 Å². The lowest BCUT2D eigenvalue weighted by Crippen LogP contribution is -2.33. The van der Waals surface area contributed by atoms with Gasteiger partial charge >= 0.3 is 0 Å². The van der Waals surface area contributed by atoms with Gasteiger partial charge in [-0.2, -0.15) is 0 Å². The zero-order valence-corrected chi connectivity index (χ0v) is 13.3. The fourth-order valence-corrected chi connectivity index (χ4v) is 3.38. The third kappa shape index (κ3) is 2.22. The summed E-state index contributed by atoms with van der Waals surface area (Å²) in [7, 11) is 1.71. The SMILES string of the molecule is COc1ccccc1-c1ccc2c(c1)C(C)(C)C(C=S)N2. The Morgan fingerprint density at radius 2 is 1.95 bits per heavy atom. The van der Waals surface area contributed by atoms with E-state index in [-0.39, 0.29) is 11.5 Å². The van der Waals surface area contributed by atoms with Crippen LogP contribution in [-0.2, 0) is 5.41 Å². The smallest absolute Gasteiger partial charge is 0.126 e. The van der Waals surface area contributed by atoms with Gasteiger partial charge < -0.3 is 10.1 Å². The van der Waals surface area contributed by atoms with Crippen LogP contribution in [0, 0.1) is 0 Å². The van der Waals surface area contributed by atoms with E-state index in [0.29, 0.717) is 0 Å². The quantitative estimate of drug-likeness (QED) is 0.847. The van der Waals surface area contributed by atoms with Crippen LogP contribution in [0.15, 0.2) is 42.5 Å². The van der Waals surface area contributed by atoms with E-state index < -0.39 is 0 Å². The molecule has 21 heavy (non-hydrogen) atoms. The van der Waals surface area contributed by atoms with E-state index in [1.807, 2.05) is 23.6 Å². The molecule has 1 atom stereocenters. The molecule has 0 saturated heterocycles. The lowest BCUT2D eigenvalue weighted by Gasteiger charge is -2.24. The highest BCUT2D eigenvalue weighted by Gasteiger charge is 2.38. The Hall–Kier alpha value is -1.87. The third-order valence-corrected chi connectivity index (χ3v) is 4.63. The Bertz CT molecular complexity index is 693. The summed E-state index contributed by atoms with van der Waals surface area (Å²) in [6.07, 6.45) is 0. The molecule has 2 nitrogen and oxygen atoms in total. The number of fused-ring (bicyclic) bond motifs is 1. The number of nitrogens with one attached hydrogen (secondary N) is 1. The van der Waals surface area contributed by atoms with E-state index in [0.717, 1.165) is 11.3 Å².